The predicted molar refractivity (Wildman–Crippen MR) is 36.7 cm³/mol. The van der Waals surface area contributed by atoms with Gasteiger partial charge in [-0.15, -0.1) is 0 Å². The zero-order valence-electron chi connectivity index (χ0n) is 5.50. The summed E-state index contributed by atoms with van der Waals surface area (Å²) in [5.74, 6) is 0.330. The third-order valence-electron chi connectivity index (χ3n) is 1.24. The summed E-state index contributed by atoms with van der Waals surface area (Å²) >= 11 is 0. The smallest absolute Gasteiger partial charge is 0.187 e. The SMILES string of the molecule is Cn1nc(C#N)c(N)c1N. The lowest BCUT2D eigenvalue weighted by Gasteiger charge is -1.90. The van der Waals surface area contributed by atoms with Gasteiger partial charge in [-0.05, 0) is 0 Å². The van der Waals surface area contributed by atoms with E-state index >= 15 is 0 Å². The minimum Gasteiger partial charge on any atom is -0.393 e. The molecule has 5 heteroatoms. The second kappa shape index (κ2) is 1.92. The van der Waals surface area contributed by atoms with Gasteiger partial charge in [-0.3, -0.25) is 0 Å². The molecule has 0 aromatic carbocycles. The minimum absolute atomic E-state index is 0.181. The molecule has 0 aliphatic rings. The molecule has 1 aromatic rings. The number of rotatable bonds is 0. The number of nitrogens with zero attached hydrogens (tertiary/aromatic N) is 3. The topological polar surface area (TPSA) is 93.6 Å². The Kier molecular flexibility index (Phi) is 1.23. The number of nitrogens with two attached hydrogens (primary N) is 2. The first-order chi connectivity index (χ1) is 4.66. The van der Waals surface area contributed by atoms with E-state index in [0.717, 1.165) is 0 Å². The van der Waals surface area contributed by atoms with Crippen LogP contribution in [-0.4, -0.2) is 9.78 Å². The highest BCUT2D eigenvalue weighted by Gasteiger charge is 2.07. The van der Waals surface area contributed by atoms with Crippen molar-refractivity contribution in [3.8, 4) is 6.07 Å². The molecule has 0 amide bonds. The Morgan fingerprint density at radius 3 is 2.40 bits per heavy atom. The van der Waals surface area contributed by atoms with E-state index in [1.165, 1.54) is 4.68 Å². The average molecular weight is 137 g/mol. The summed E-state index contributed by atoms with van der Waals surface area (Å²) in [7, 11) is 1.63. The van der Waals surface area contributed by atoms with E-state index in [1.54, 1.807) is 7.05 Å². The van der Waals surface area contributed by atoms with Crippen LogP contribution >= 0.6 is 0 Å². The molecule has 0 atom stereocenters. The fraction of sp³-hybridized carbons (Fsp3) is 0.200. The van der Waals surface area contributed by atoms with Crippen molar-refractivity contribution in [3.05, 3.63) is 5.69 Å². The first-order valence-corrected chi connectivity index (χ1v) is 2.65. The molecule has 0 saturated heterocycles. The van der Waals surface area contributed by atoms with E-state index in [0.29, 0.717) is 5.82 Å². The van der Waals surface area contributed by atoms with Gasteiger partial charge in [0.05, 0.1) is 0 Å². The van der Waals surface area contributed by atoms with E-state index in [4.69, 9.17) is 16.7 Å². The Labute approximate surface area is 57.8 Å². The third kappa shape index (κ3) is 0.666. The highest BCUT2D eigenvalue weighted by molar-refractivity contribution is 5.65. The van der Waals surface area contributed by atoms with Gasteiger partial charge < -0.3 is 11.5 Å². The highest BCUT2D eigenvalue weighted by atomic mass is 15.3. The Morgan fingerprint density at radius 2 is 2.20 bits per heavy atom. The van der Waals surface area contributed by atoms with Gasteiger partial charge in [-0.1, -0.05) is 0 Å². The fourth-order valence-corrected chi connectivity index (χ4v) is 0.636. The maximum atomic E-state index is 8.39. The van der Waals surface area contributed by atoms with Crippen molar-refractivity contribution in [2.24, 2.45) is 7.05 Å². The molecule has 0 spiro atoms. The van der Waals surface area contributed by atoms with E-state index in [9.17, 15) is 0 Å². The van der Waals surface area contributed by atoms with Crippen LogP contribution in [0.25, 0.3) is 0 Å². The number of nitrogen functional groups attached to an aromatic ring is 2. The van der Waals surface area contributed by atoms with Crippen LogP contribution in [0.4, 0.5) is 11.5 Å². The Morgan fingerprint density at radius 1 is 1.60 bits per heavy atom. The molecule has 0 bridgehead atoms. The van der Waals surface area contributed by atoms with Crippen LogP contribution in [0.1, 0.15) is 5.69 Å². The van der Waals surface area contributed by atoms with Gasteiger partial charge in [-0.25, -0.2) is 4.68 Å². The van der Waals surface area contributed by atoms with Crippen LogP contribution in [0.15, 0.2) is 0 Å². The summed E-state index contributed by atoms with van der Waals surface area (Å²) in [6.45, 7) is 0. The second-order valence-corrected chi connectivity index (χ2v) is 1.88. The Hall–Kier alpha value is -1.70. The quantitative estimate of drug-likeness (QED) is 0.502. The summed E-state index contributed by atoms with van der Waals surface area (Å²) in [6, 6.07) is 1.82. The first-order valence-electron chi connectivity index (χ1n) is 2.65. The van der Waals surface area contributed by atoms with Crippen LogP contribution in [0.5, 0.6) is 0 Å². The largest absolute Gasteiger partial charge is 0.393 e. The molecule has 0 aliphatic carbocycles. The van der Waals surface area contributed by atoms with Crippen molar-refractivity contribution in [3.63, 3.8) is 0 Å². The van der Waals surface area contributed by atoms with E-state index < -0.39 is 0 Å². The molecule has 0 saturated carbocycles. The van der Waals surface area contributed by atoms with Crippen molar-refractivity contribution in [1.29, 1.82) is 5.26 Å². The third-order valence-corrected chi connectivity index (χ3v) is 1.24. The molecule has 0 unspecified atom stereocenters. The van der Waals surface area contributed by atoms with Gasteiger partial charge in [0.25, 0.3) is 0 Å². The molecule has 4 N–H and O–H groups in total. The van der Waals surface area contributed by atoms with E-state index in [2.05, 4.69) is 5.10 Å². The molecule has 0 radical (unpaired) electrons. The van der Waals surface area contributed by atoms with E-state index in [1.807, 2.05) is 6.07 Å². The average Bonchev–Trinajstić information content (AvgIpc) is 2.17. The van der Waals surface area contributed by atoms with Gasteiger partial charge in [0.1, 0.15) is 17.6 Å². The molecular weight excluding hydrogens is 130 g/mol. The lowest BCUT2D eigenvalue weighted by Crippen LogP contribution is -1.98. The molecule has 0 fully saturated rings. The Bertz CT molecular complexity index is 292. The van der Waals surface area contributed by atoms with Crippen molar-refractivity contribution < 1.29 is 0 Å². The maximum Gasteiger partial charge on any atom is 0.187 e. The lowest BCUT2D eigenvalue weighted by molar-refractivity contribution is 0.774. The number of nitriles is 1. The lowest BCUT2D eigenvalue weighted by atomic mass is 10.4. The van der Waals surface area contributed by atoms with Crippen LogP contribution in [-0.2, 0) is 7.05 Å². The standard InChI is InChI=1S/C5H7N5/c1-10-5(8)4(7)3(2-6)9-10/h7-8H2,1H3. The van der Waals surface area contributed by atoms with Gasteiger partial charge in [-0.2, -0.15) is 10.4 Å². The maximum absolute atomic E-state index is 8.39. The second-order valence-electron chi connectivity index (χ2n) is 1.88. The summed E-state index contributed by atoms with van der Waals surface area (Å²) in [4.78, 5) is 0. The molecule has 1 heterocycles. The highest BCUT2D eigenvalue weighted by Crippen LogP contribution is 2.16. The molecule has 5 nitrogen and oxygen atoms in total. The molecule has 52 valence electrons. The summed E-state index contributed by atoms with van der Waals surface area (Å²) < 4.78 is 1.37. The minimum atomic E-state index is 0.181. The number of anilines is 2. The first kappa shape index (κ1) is 6.42. The van der Waals surface area contributed by atoms with Crippen molar-refractivity contribution >= 4 is 11.5 Å². The van der Waals surface area contributed by atoms with Crippen LogP contribution < -0.4 is 11.5 Å². The van der Waals surface area contributed by atoms with Crippen LogP contribution in [0.3, 0.4) is 0 Å². The van der Waals surface area contributed by atoms with E-state index in [-0.39, 0.29) is 11.4 Å². The number of hydrogen-bond acceptors (Lipinski definition) is 4. The Balaban J connectivity index is 3.34. The summed E-state index contributed by atoms with van der Waals surface area (Å²) in [5.41, 5.74) is 11.2. The zero-order valence-corrected chi connectivity index (χ0v) is 5.50. The van der Waals surface area contributed by atoms with Crippen LogP contribution in [0, 0.1) is 11.3 Å². The number of aryl methyl sites for hydroxylation is 1. The van der Waals surface area contributed by atoms with Crippen LogP contribution in [0.2, 0.25) is 0 Å². The van der Waals surface area contributed by atoms with Gasteiger partial charge in [0.15, 0.2) is 5.69 Å². The molecular formula is C5H7N5. The molecule has 1 aromatic heterocycles. The van der Waals surface area contributed by atoms with Crippen molar-refractivity contribution in [2.75, 3.05) is 11.5 Å². The zero-order chi connectivity index (χ0) is 7.72. The molecule has 10 heavy (non-hydrogen) atoms. The molecule has 1 rings (SSSR count). The van der Waals surface area contributed by atoms with Gasteiger partial charge in [0, 0.05) is 7.05 Å². The summed E-state index contributed by atoms with van der Waals surface area (Å²) in [5, 5.41) is 12.1. The number of aromatic nitrogens is 2. The normalized spacial score (nSPS) is 9.20. The van der Waals surface area contributed by atoms with Gasteiger partial charge >= 0.3 is 0 Å². The van der Waals surface area contributed by atoms with Crippen molar-refractivity contribution in [1.82, 2.24) is 9.78 Å². The fourth-order valence-electron chi connectivity index (χ4n) is 0.636. The van der Waals surface area contributed by atoms with Gasteiger partial charge in [0.2, 0.25) is 0 Å². The predicted octanol–water partition coefficient (Wildman–Crippen LogP) is -0.544. The molecule has 0 aliphatic heterocycles. The monoisotopic (exact) mass is 137 g/mol. The number of hydrogen-bond donors (Lipinski definition) is 2. The summed E-state index contributed by atoms with van der Waals surface area (Å²) in [6.07, 6.45) is 0. The van der Waals surface area contributed by atoms with Crippen molar-refractivity contribution in [2.45, 2.75) is 0 Å².